The molecule has 1 atom stereocenters. The largest absolute Gasteiger partial charge is 0.376 e. The van der Waals surface area contributed by atoms with Gasteiger partial charge in [0.2, 0.25) is 0 Å². The van der Waals surface area contributed by atoms with Crippen LogP contribution in [0.2, 0.25) is 0 Å². The van der Waals surface area contributed by atoms with Crippen molar-refractivity contribution in [1.29, 1.82) is 0 Å². The first-order chi connectivity index (χ1) is 12.0. The summed E-state index contributed by atoms with van der Waals surface area (Å²) in [5.41, 5.74) is 0.273. The maximum atomic E-state index is 11.6. The zero-order valence-electron chi connectivity index (χ0n) is 13.3. The number of aliphatic hydroxyl groups is 1. The molecule has 128 valence electrons. The van der Waals surface area contributed by atoms with Gasteiger partial charge in [0.1, 0.15) is 0 Å². The second kappa shape index (κ2) is 7.61. The van der Waals surface area contributed by atoms with E-state index in [1.165, 1.54) is 0 Å². The molecular weight excluding hydrogens is 354 g/mol. The van der Waals surface area contributed by atoms with Gasteiger partial charge in [0, 0.05) is 5.56 Å². The normalized spacial score (nSPS) is 13.0. The monoisotopic (exact) mass is 372 g/mol. The van der Waals surface area contributed by atoms with Gasteiger partial charge in [-0.05, 0) is 23.8 Å². The fourth-order valence-electron chi connectivity index (χ4n) is 2.67. The topological polar surface area (TPSA) is 77.8 Å². The van der Waals surface area contributed by atoms with Crippen molar-refractivity contribution >= 4 is 31.4 Å². The molecule has 0 amide bonds. The summed E-state index contributed by atoms with van der Waals surface area (Å²) in [5.74, 6) is -1.83. The molecule has 1 unspecified atom stereocenters. The van der Waals surface area contributed by atoms with Gasteiger partial charge in [-0.25, -0.2) is 0 Å². The summed E-state index contributed by atoms with van der Waals surface area (Å²) in [6.45, 7) is 0. The molecule has 0 heterocycles. The predicted molar refractivity (Wildman–Crippen MR) is 102 cm³/mol. The summed E-state index contributed by atoms with van der Waals surface area (Å²) in [5, 5.41) is 13.1. The van der Waals surface area contributed by atoms with Crippen molar-refractivity contribution in [3.05, 3.63) is 90.5 Å². The molecule has 4 nitrogen and oxygen atoms in total. The predicted octanol–water partition coefficient (Wildman–Crippen LogP) is 2.61. The molecule has 25 heavy (non-hydrogen) atoms. The Morgan fingerprint density at radius 2 is 1.16 bits per heavy atom. The zero-order valence-corrected chi connectivity index (χ0v) is 15.1. The van der Waals surface area contributed by atoms with Gasteiger partial charge in [-0.15, -0.1) is 0 Å². The van der Waals surface area contributed by atoms with Crippen LogP contribution in [0.15, 0.2) is 84.9 Å². The molecule has 3 N–H and O–H groups in total. The third-order valence-corrected chi connectivity index (χ3v) is 7.24. The maximum Gasteiger partial charge on any atom is 0.358 e. The molecule has 6 heteroatoms. The smallest absolute Gasteiger partial charge is 0.358 e. The van der Waals surface area contributed by atoms with E-state index in [0.717, 1.165) is 15.9 Å². The molecule has 0 aliphatic heterocycles. The third-order valence-electron chi connectivity index (χ3n) is 3.80. The van der Waals surface area contributed by atoms with E-state index in [0.29, 0.717) is 0 Å². The van der Waals surface area contributed by atoms with E-state index in [-0.39, 0.29) is 5.56 Å². The van der Waals surface area contributed by atoms with Crippen molar-refractivity contribution in [3.8, 4) is 0 Å². The molecule has 0 bridgehead atoms. The molecule has 0 aliphatic carbocycles. The van der Waals surface area contributed by atoms with Crippen LogP contribution in [0.25, 0.3) is 0 Å². The minimum absolute atomic E-state index is 0.273. The highest BCUT2D eigenvalue weighted by molar-refractivity contribution is 7.80. The van der Waals surface area contributed by atoms with E-state index in [9.17, 15) is 19.5 Å². The molecule has 3 rings (SSSR count). The lowest BCUT2D eigenvalue weighted by Gasteiger charge is -2.24. The second-order valence-corrected chi connectivity index (χ2v) is 9.38. The Bertz CT molecular complexity index is 839. The van der Waals surface area contributed by atoms with Gasteiger partial charge in [0.05, 0.1) is 0 Å². The molecule has 0 saturated heterocycles. The lowest BCUT2D eigenvalue weighted by atomic mass is 10.2. The fraction of sp³-hybridized carbons (Fsp3) is 0.0526. The Morgan fingerprint density at radius 1 is 0.720 bits per heavy atom. The average Bonchev–Trinajstić information content (AvgIpc) is 2.63. The van der Waals surface area contributed by atoms with Crippen LogP contribution >= 0.6 is 15.5 Å². The Kier molecular flexibility index (Phi) is 5.48. The van der Waals surface area contributed by atoms with Crippen molar-refractivity contribution in [2.24, 2.45) is 0 Å². The summed E-state index contributed by atoms with van der Waals surface area (Å²) in [4.78, 5) is 18.9. The summed E-state index contributed by atoms with van der Waals surface area (Å²) in [7, 11) is -5.71. The summed E-state index contributed by atoms with van der Waals surface area (Å²) >= 11 is 0. The maximum absolute atomic E-state index is 11.6. The van der Waals surface area contributed by atoms with Gasteiger partial charge in [0.15, 0.2) is 5.85 Å². The first kappa shape index (κ1) is 18.0. The lowest BCUT2D eigenvalue weighted by Crippen LogP contribution is -2.24. The minimum atomic E-state index is -4.66. The zero-order chi connectivity index (χ0) is 17.9. The Labute approximate surface area is 147 Å². The Balaban J connectivity index is 2.21. The van der Waals surface area contributed by atoms with Crippen LogP contribution in [-0.2, 0) is 4.57 Å². The van der Waals surface area contributed by atoms with E-state index in [4.69, 9.17) is 0 Å². The number of hydrogen-bond acceptors (Lipinski definition) is 2. The molecule has 0 radical (unpaired) electrons. The number of aliphatic hydroxyl groups excluding tert-OH is 1. The van der Waals surface area contributed by atoms with Crippen LogP contribution in [0, 0.1) is 0 Å². The second-order valence-electron chi connectivity index (χ2n) is 5.53. The quantitative estimate of drug-likeness (QED) is 0.602. The first-order valence-corrected chi connectivity index (χ1v) is 10.7. The van der Waals surface area contributed by atoms with Crippen LogP contribution in [0.5, 0.6) is 0 Å². The van der Waals surface area contributed by atoms with Gasteiger partial charge in [0.25, 0.3) is 0 Å². The molecule has 0 spiro atoms. The van der Waals surface area contributed by atoms with Crippen LogP contribution in [0.1, 0.15) is 11.4 Å². The van der Waals surface area contributed by atoms with Crippen LogP contribution in [0.3, 0.4) is 0 Å². The standard InChI is InChI=1S/C19H18O4P2/c20-19(25(21,22)23)17-13-7-8-14-18(17)24(15-9-3-1-4-10-15)16-11-5-2-6-12-16/h1-14,19-20H,(H2,21,22,23). The highest BCUT2D eigenvalue weighted by atomic mass is 31.2. The fourth-order valence-corrected chi connectivity index (χ4v) is 5.85. The Morgan fingerprint density at radius 3 is 1.64 bits per heavy atom. The van der Waals surface area contributed by atoms with E-state index in [1.54, 1.807) is 12.1 Å². The van der Waals surface area contributed by atoms with Gasteiger partial charge in [-0.2, -0.15) is 0 Å². The van der Waals surface area contributed by atoms with Crippen molar-refractivity contribution in [3.63, 3.8) is 0 Å². The van der Waals surface area contributed by atoms with Crippen LogP contribution in [-0.4, -0.2) is 14.9 Å². The van der Waals surface area contributed by atoms with Gasteiger partial charge >= 0.3 is 7.60 Å². The van der Waals surface area contributed by atoms with Gasteiger partial charge < -0.3 is 14.9 Å². The first-order valence-electron chi connectivity index (χ1n) is 7.71. The van der Waals surface area contributed by atoms with Crippen LogP contribution in [0.4, 0.5) is 0 Å². The molecule has 0 saturated carbocycles. The van der Waals surface area contributed by atoms with Crippen molar-refractivity contribution < 1.29 is 19.5 Å². The van der Waals surface area contributed by atoms with Gasteiger partial charge in [-0.1, -0.05) is 84.9 Å². The Hall–Kier alpha value is -1.80. The number of hydrogen-bond donors (Lipinski definition) is 3. The van der Waals surface area contributed by atoms with E-state index >= 15 is 0 Å². The van der Waals surface area contributed by atoms with Gasteiger partial charge in [-0.3, -0.25) is 4.57 Å². The average molecular weight is 372 g/mol. The summed E-state index contributed by atoms with van der Waals surface area (Å²) < 4.78 is 11.6. The summed E-state index contributed by atoms with van der Waals surface area (Å²) in [6.07, 6.45) is 0. The lowest BCUT2D eigenvalue weighted by molar-refractivity contribution is 0.206. The van der Waals surface area contributed by atoms with E-state index < -0.39 is 21.4 Å². The molecule has 3 aromatic carbocycles. The summed E-state index contributed by atoms with van der Waals surface area (Å²) in [6, 6.07) is 26.5. The van der Waals surface area contributed by atoms with Crippen molar-refractivity contribution in [1.82, 2.24) is 0 Å². The molecule has 0 aliphatic rings. The van der Waals surface area contributed by atoms with Crippen LogP contribution < -0.4 is 15.9 Å². The van der Waals surface area contributed by atoms with Crippen molar-refractivity contribution in [2.75, 3.05) is 0 Å². The third kappa shape index (κ3) is 4.07. The highest BCUT2D eigenvalue weighted by Gasteiger charge is 2.32. The molecule has 0 aromatic heterocycles. The number of benzene rings is 3. The van der Waals surface area contributed by atoms with Crippen molar-refractivity contribution in [2.45, 2.75) is 5.85 Å². The molecule has 0 fully saturated rings. The van der Waals surface area contributed by atoms with E-state index in [2.05, 4.69) is 0 Å². The minimum Gasteiger partial charge on any atom is -0.376 e. The highest BCUT2D eigenvalue weighted by Crippen LogP contribution is 2.51. The van der Waals surface area contributed by atoms with E-state index in [1.807, 2.05) is 72.8 Å². The number of rotatable bonds is 5. The SMILES string of the molecule is O=P(O)(O)C(O)c1ccccc1P(c1ccccc1)c1ccccc1. The molecular formula is C19H18O4P2. The molecule has 3 aromatic rings.